The van der Waals surface area contributed by atoms with Crippen LogP contribution in [0.25, 0.3) is 10.8 Å². The van der Waals surface area contributed by atoms with Crippen molar-refractivity contribution in [3.8, 4) is 11.5 Å². The van der Waals surface area contributed by atoms with Crippen LogP contribution in [0.4, 0.5) is 17.1 Å². The number of aromatic hydroxyl groups is 2. The van der Waals surface area contributed by atoms with Crippen LogP contribution in [0.3, 0.4) is 0 Å². The minimum atomic E-state index is -0.614. The average Bonchev–Trinajstić information content (AvgIpc) is 2.55. The van der Waals surface area contributed by atoms with Gasteiger partial charge in [0, 0.05) is 11.5 Å². The van der Waals surface area contributed by atoms with Crippen molar-refractivity contribution in [3.05, 3.63) is 64.7 Å². The normalized spacial score (nSPS) is 10.7. The Balaban J connectivity index is 0.00000208. The molecule has 24 heavy (non-hydrogen) atoms. The van der Waals surface area contributed by atoms with Crippen molar-refractivity contribution in [2.75, 3.05) is 0 Å². The molecule has 3 aromatic rings. The molecule has 0 unspecified atom stereocenters. The van der Waals surface area contributed by atoms with Crippen molar-refractivity contribution in [2.45, 2.75) is 0 Å². The Morgan fingerprint density at radius 3 is 2.38 bits per heavy atom. The van der Waals surface area contributed by atoms with Crippen molar-refractivity contribution in [3.63, 3.8) is 0 Å². The molecule has 0 saturated carbocycles. The number of phenolic OH excluding ortho intramolecular Hbond substituents is 2. The Bertz CT molecular complexity index is 944. The van der Waals surface area contributed by atoms with E-state index in [1.54, 1.807) is 12.1 Å². The van der Waals surface area contributed by atoms with Crippen LogP contribution in [-0.2, 0) is 17.4 Å². The van der Waals surface area contributed by atoms with Gasteiger partial charge in [-0.05, 0) is 17.5 Å². The minimum Gasteiger partial charge on any atom is -0.506 e. The van der Waals surface area contributed by atoms with Gasteiger partial charge in [-0.15, -0.1) is 10.2 Å². The summed E-state index contributed by atoms with van der Waals surface area (Å²) in [5.74, 6) is -0.406. The molecule has 0 fully saturated rings. The van der Waals surface area contributed by atoms with Gasteiger partial charge in [0.15, 0.2) is 0 Å². The van der Waals surface area contributed by atoms with E-state index in [-0.39, 0.29) is 45.9 Å². The molecule has 0 spiro atoms. The smallest absolute Gasteiger partial charge is 0.506 e. The average molecular weight is 361 g/mol. The number of fused-ring (bicyclic) bond motifs is 1. The van der Waals surface area contributed by atoms with E-state index in [0.29, 0.717) is 5.39 Å². The van der Waals surface area contributed by atoms with E-state index in [9.17, 15) is 20.3 Å². The number of nitro groups is 1. The third-order valence-corrected chi connectivity index (χ3v) is 3.31. The van der Waals surface area contributed by atoms with Crippen molar-refractivity contribution in [2.24, 2.45) is 10.2 Å². The van der Waals surface area contributed by atoms with Crippen LogP contribution in [0, 0.1) is 10.1 Å². The zero-order valence-electron chi connectivity index (χ0n) is 12.2. The van der Waals surface area contributed by atoms with E-state index >= 15 is 0 Å². The van der Waals surface area contributed by atoms with Gasteiger partial charge < -0.3 is 10.2 Å². The van der Waals surface area contributed by atoms with Gasteiger partial charge in [0.25, 0.3) is 5.69 Å². The summed E-state index contributed by atoms with van der Waals surface area (Å²) in [4.78, 5) is 10.0. The molecule has 7 nitrogen and oxygen atoms in total. The van der Waals surface area contributed by atoms with Crippen LogP contribution in [0.1, 0.15) is 0 Å². The molecule has 3 rings (SSSR count). The first-order valence-corrected chi connectivity index (χ1v) is 6.66. The molecule has 0 bridgehead atoms. The largest absolute Gasteiger partial charge is 2.00 e. The van der Waals surface area contributed by atoms with Crippen molar-refractivity contribution >= 4 is 27.8 Å². The SMILES string of the molecule is O=[N+]([O-])c1ccc(N=Nc2c(O)ccc3ccccc23)c(O)c1.[Cr+2]. The minimum absolute atomic E-state index is 0. The fraction of sp³-hybridized carbons (Fsp3) is 0. The van der Waals surface area contributed by atoms with Crippen LogP contribution < -0.4 is 0 Å². The molecule has 0 aliphatic heterocycles. The van der Waals surface area contributed by atoms with Gasteiger partial charge in [-0.3, -0.25) is 10.1 Å². The molecule has 2 N–H and O–H groups in total. The number of phenols is 2. The Morgan fingerprint density at radius 1 is 0.917 bits per heavy atom. The van der Waals surface area contributed by atoms with Crippen molar-refractivity contribution in [1.82, 2.24) is 0 Å². The van der Waals surface area contributed by atoms with E-state index in [0.717, 1.165) is 11.5 Å². The number of nitrogens with zero attached hydrogens (tertiary/aromatic N) is 3. The summed E-state index contributed by atoms with van der Waals surface area (Å²) >= 11 is 0. The molecule has 0 atom stereocenters. The fourth-order valence-corrected chi connectivity index (χ4v) is 2.16. The van der Waals surface area contributed by atoms with Gasteiger partial charge in [-0.1, -0.05) is 30.3 Å². The predicted molar refractivity (Wildman–Crippen MR) is 84.6 cm³/mol. The second-order valence-electron chi connectivity index (χ2n) is 4.78. The summed E-state index contributed by atoms with van der Waals surface area (Å²) in [6.07, 6.45) is 0. The third kappa shape index (κ3) is 3.35. The van der Waals surface area contributed by atoms with Crippen molar-refractivity contribution < 1.29 is 32.5 Å². The maximum Gasteiger partial charge on any atom is 2.00 e. The first kappa shape index (κ1) is 17.4. The molecular formula is C16H11CrN3O4+2. The first-order chi connectivity index (χ1) is 11.1. The zero-order valence-corrected chi connectivity index (χ0v) is 13.4. The Hall–Kier alpha value is -2.95. The molecule has 8 heteroatoms. The molecule has 0 amide bonds. The van der Waals surface area contributed by atoms with Gasteiger partial charge in [0.05, 0.1) is 11.0 Å². The van der Waals surface area contributed by atoms with Crippen LogP contribution in [-0.4, -0.2) is 15.1 Å². The second-order valence-corrected chi connectivity index (χ2v) is 4.78. The quantitative estimate of drug-likeness (QED) is 0.404. The summed E-state index contributed by atoms with van der Waals surface area (Å²) < 4.78 is 0. The molecule has 0 radical (unpaired) electrons. The van der Waals surface area contributed by atoms with E-state index in [1.165, 1.54) is 18.2 Å². The number of hydrogen-bond donors (Lipinski definition) is 2. The standard InChI is InChI=1S/C16H11N3O4.Cr/c20-14-8-5-10-3-1-2-4-12(10)16(14)18-17-13-7-6-11(19(22)23)9-15(13)21;/h1-9,20-21H;/q;+2. The van der Waals surface area contributed by atoms with Gasteiger partial charge in [-0.2, -0.15) is 0 Å². The monoisotopic (exact) mass is 361 g/mol. The fourth-order valence-electron chi connectivity index (χ4n) is 2.16. The second kappa shape index (κ2) is 7.09. The number of hydrogen-bond acceptors (Lipinski definition) is 6. The summed E-state index contributed by atoms with van der Waals surface area (Å²) in [5.41, 5.74) is 0.0956. The number of azo groups is 1. The van der Waals surface area contributed by atoms with Gasteiger partial charge in [0.1, 0.15) is 22.9 Å². The number of non-ortho nitro benzene ring substituents is 1. The Morgan fingerprint density at radius 2 is 1.67 bits per heavy atom. The zero-order chi connectivity index (χ0) is 16.4. The topological polar surface area (TPSA) is 108 Å². The number of nitro benzene ring substituents is 1. The molecule has 0 heterocycles. The van der Waals surface area contributed by atoms with Crippen molar-refractivity contribution in [1.29, 1.82) is 0 Å². The number of rotatable bonds is 3. The maximum atomic E-state index is 10.6. The molecule has 0 aromatic heterocycles. The number of benzene rings is 3. The van der Waals surface area contributed by atoms with E-state index in [1.807, 2.05) is 18.2 Å². The maximum absolute atomic E-state index is 10.6. The van der Waals surface area contributed by atoms with Gasteiger partial charge >= 0.3 is 17.4 Å². The Kier molecular flexibility index (Phi) is 5.14. The van der Waals surface area contributed by atoms with E-state index in [4.69, 9.17) is 0 Å². The third-order valence-electron chi connectivity index (χ3n) is 3.31. The summed E-state index contributed by atoms with van der Waals surface area (Å²) in [6.45, 7) is 0. The molecule has 118 valence electrons. The van der Waals surface area contributed by atoms with Gasteiger partial charge in [-0.25, -0.2) is 0 Å². The molecular weight excluding hydrogens is 350 g/mol. The summed E-state index contributed by atoms with van der Waals surface area (Å²) in [6, 6.07) is 14.1. The first-order valence-electron chi connectivity index (χ1n) is 6.66. The van der Waals surface area contributed by atoms with E-state index < -0.39 is 4.92 Å². The Labute approximate surface area is 147 Å². The molecule has 0 aliphatic rings. The molecule has 0 saturated heterocycles. The summed E-state index contributed by atoms with van der Waals surface area (Å²) in [7, 11) is 0. The van der Waals surface area contributed by atoms with Crippen LogP contribution >= 0.6 is 0 Å². The van der Waals surface area contributed by atoms with Crippen LogP contribution in [0.5, 0.6) is 11.5 Å². The molecule has 3 aromatic carbocycles. The predicted octanol–water partition coefficient (Wildman–Crippen LogP) is 4.57. The van der Waals surface area contributed by atoms with Gasteiger partial charge in [0.2, 0.25) is 0 Å². The van der Waals surface area contributed by atoms with E-state index in [2.05, 4.69) is 10.2 Å². The van der Waals surface area contributed by atoms with Crippen LogP contribution in [0.15, 0.2) is 64.8 Å². The van der Waals surface area contributed by atoms with Crippen LogP contribution in [0.2, 0.25) is 0 Å². The summed E-state index contributed by atoms with van der Waals surface area (Å²) in [5, 5.41) is 39.8. The molecule has 0 aliphatic carbocycles.